The molecule has 2 N–H and O–H groups in total. The highest BCUT2D eigenvalue weighted by atomic mass is 16.1. The molecule has 5 nitrogen and oxygen atoms in total. The third-order valence-electron chi connectivity index (χ3n) is 4.26. The van der Waals surface area contributed by atoms with Crippen LogP contribution in [-0.4, -0.2) is 35.7 Å². The molecule has 1 fully saturated rings. The van der Waals surface area contributed by atoms with Gasteiger partial charge >= 0.3 is 0 Å². The second-order valence-corrected chi connectivity index (χ2v) is 6.16. The maximum Gasteiger partial charge on any atom is 0.271 e. The Morgan fingerprint density at radius 2 is 2.22 bits per heavy atom. The van der Waals surface area contributed by atoms with Crippen molar-refractivity contribution in [1.82, 2.24) is 15.5 Å². The van der Waals surface area contributed by atoms with Crippen molar-refractivity contribution < 1.29 is 4.79 Å². The average molecular weight is 312 g/mol. The first kappa shape index (κ1) is 15.6. The molecule has 2 aromatic rings. The average Bonchev–Trinajstić information content (AvgIpc) is 3.28. The third kappa shape index (κ3) is 3.92. The van der Waals surface area contributed by atoms with Gasteiger partial charge in [0.1, 0.15) is 5.69 Å². The summed E-state index contributed by atoms with van der Waals surface area (Å²) < 4.78 is 0. The lowest BCUT2D eigenvalue weighted by Crippen LogP contribution is -2.35. The number of anilines is 1. The van der Waals surface area contributed by atoms with Gasteiger partial charge in [0.25, 0.3) is 5.91 Å². The molecule has 1 amide bonds. The molecule has 0 spiro atoms. The van der Waals surface area contributed by atoms with Gasteiger partial charge in [-0.1, -0.05) is 12.1 Å². The number of H-pyrrole nitrogens is 1. The van der Waals surface area contributed by atoms with E-state index in [4.69, 9.17) is 0 Å². The van der Waals surface area contributed by atoms with Crippen molar-refractivity contribution in [2.75, 3.05) is 24.5 Å². The molecule has 1 heterocycles. The van der Waals surface area contributed by atoms with Crippen molar-refractivity contribution in [2.24, 2.45) is 0 Å². The normalized spacial score (nSPS) is 13.8. The number of aryl methyl sites for hydroxylation is 1. The number of likely N-dealkylation sites (N-methyl/N-ethyl adjacent to an activating group) is 1. The van der Waals surface area contributed by atoms with Crippen molar-refractivity contribution in [1.29, 1.82) is 0 Å². The Morgan fingerprint density at radius 3 is 2.91 bits per heavy atom. The van der Waals surface area contributed by atoms with Crippen molar-refractivity contribution in [3.8, 4) is 0 Å². The second kappa shape index (κ2) is 6.86. The van der Waals surface area contributed by atoms with Crippen molar-refractivity contribution in [2.45, 2.75) is 32.6 Å². The van der Waals surface area contributed by atoms with Crippen LogP contribution in [0.3, 0.4) is 0 Å². The molecule has 1 aromatic carbocycles. The molecule has 0 bridgehead atoms. The molecule has 0 saturated heterocycles. The monoisotopic (exact) mass is 312 g/mol. The quantitative estimate of drug-likeness (QED) is 0.826. The summed E-state index contributed by atoms with van der Waals surface area (Å²) in [5.74, 6) is 0.481. The van der Waals surface area contributed by atoms with Gasteiger partial charge in [-0.3, -0.25) is 9.89 Å². The summed E-state index contributed by atoms with van der Waals surface area (Å²) in [6.07, 6.45) is 2.40. The summed E-state index contributed by atoms with van der Waals surface area (Å²) in [6.45, 7) is 6.51. The first-order chi connectivity index (χ1) is 11.2. The number of nitrogens with zero attached hydrogens (tertiary/aromatic N) is 2. The minimum absolute atomic E-state index is 0.103. The molecule has 1 aromatic heterocycles. The van der Waals surface area contributed by atoms with Crippen LogP contribution in [0.15, 0.2) is 30.3 Å². The lowest BCUT2D eigenvalue weighted by atomic mass is 10.2. The number of hydrogen-bond donors (Lipinski definition) is 2. The van der Waals surface area contributed by atoms with Gasteiger partial charge in [0.05, 0.1) is 0 Å². The van der Waals surface area contributed by atoms with Gasteiger partial charge in [0, 0.05) is 36.9 Å². The van der Waals surface area contributed by atoms with E-state index in [1.807, 2.05) is 6.07 Å². The van der Waals surface area contributed by atoms with Crippen LogP contribution < -0.4 is 10.2 Å². The molecule has 23 heavy (non-hydrogen) atoms. The maximum atomic E-state index is 12.1. The number of nitrogens with one attached hydrogen (secondary N) is 2. The number of carbonyl (C=O) groups excluding carboxylic acids is 1. The van der Waals surface area contributed by atoms with E-state index in [0.29, 0.717) is 18.2 Å². The minimum Gasteiger partial charge on any atom is -0.370 e. The molecule has 1 saturated carbocycles. The molecule has 5 heteroatoms. The number of aromatic nitrogens is 2. The summed E-state index contributed by atoms with van der Waals surface area (Å²) in [5, 5.41) is 10.0. The van der Waals surface area contributed by atoms with Gasteiger partial charge in [-0.15, -0.1) is 0 Å². The minimum atomic E-state index is -0.103. The lowest BCUT2D eigenvalue weighted by Gasteiger charge is -2.23. The van der Waals surface area contributed by atoms with Gasteiger partial charge in [-0.2, -0.15) is 5.10 Å². The largest absolute Gasteiger partial charge is 0.370 e. The van der Waals surface area contributed by atoms with E-state index in [9.17, 15) is 4.79 Å². The first-order valence-corrected chi connectivity index (χ1v) is 8.32. The number of aromatic amines is 1. The molecule has 3 rings (SSSR count). The topological polar surface area (TPSA) is 61.0 Å². The van der Waals surface area contributed by atoms with E-state index in [0.717, 1.165) is 18.8 Å². The van der Waals surface area contributed by atoms with Crippen LogP contribution in [0.5, 0.6) is 0 Å². The SMILES string of the molecule is CCN(CCNC(=O)c1cc(C2CC2)[nH]n1)c1cccc(C)c1. The molecular formula is C18H24N4O. The van der Waals surface area contributed by atoms with Crippen LogP contribution in [-0.2, 0) is 0 Å². The fraction of sp³-hybridized carbons (Fsp3) is 0.444. The van der Waals surface area contributed by atoms with Crippen LogP contribution in [0.1, 0.15) is 47.4 Å². The summed E-state index contributed by atoms with van der Waals surface area (Å²) in [4.78, 5) is 14.4. The van der Waals surface area contributed by atoms with Gasteiger partial charge in [0.15, 0.2) is 0 Å². The molecule has 122 valence electrons. The standard InChI is InChI=1S/C18H24N4O/c1-3-22(15-6-4-5-13(2)11-15)10-9-19-18(23)17-12-16(20-21-17)14-7-8-14/h4-6,11-12,14H,3,7-10H2,1-2H3,(H,19,23)(H,20,21). The number of hydrogen-bond acceptors (Lipinski definition) is 3. The third-order valence-corrected chi connectivity index (χ3v) is 4.26. The van der Waals surface area contributed by atoms with E-state index >= 15 is 0 Å². The molecule has 1 aliphatic rings. The van der Waals surface area contributed by atoms with E-state index in [-0.39, 0.29) is 5.91 Å². The van der Waals surface area contributed by atoms with Gasteiger partial charge in [0.2, 0.25) is 0 Å². The zero-order valence-corrected chi connectivity index (χ0v) is 13.8. The van der Waals surface area contributed by atoms with Gasteiger partial charge in [-0.05, 0) is 50.5 Å². The van der Waals surface area contributed by atoms with Gasteiger partial charge < -0.3 is 10.2 Å². The Morgan fingerprint density at radius 1 is 1.39 bits per heavy atom. The van der Waals surface area contributed by atoms with Gasteiger partial charge in [-0.25, -0.2) is 0 Å². The lowest BCUT2D eigenvalue weighted by molar-refractivity contribution is 0.0949. The van der Waals surface area contributed by atoms with Crippen LogP contribution in [0.2, 0.25) is 0 Å². The van der Waals surface area contributed by atoms with Crippen LogP contribution in [0.25, 0.3) is 0 Å². The fourth-order valence-electron chi connectivity index (χ4n) is 2.75. The van der Waals surface area contributed by atoms with Crippen molar-refractivity contribution >= 4 is 11.6 Å². The summed E-state index contributed by atoms with van der Waals surface area (Å²) in [5.41, 5.74) is 4.02. The highest BCUT2D eigenvalue weighted by molar-refractivity contribution is 5.92. The number of amides is 1. The highest BCUT2D eigenvalue weighted by Gasteiger charge is 2.26. The molecule has 0 aliphatic heterocycles. The molecule has 0 radical (unpaired) electrons. The fourth-order valence-corrected chi connectivity index (χ4v) is 2.75. The molecule has 1 aliphatic carbocycles. The Bertz CT molecular complexity index is 675. The van der Waals surface area contributed by atoms with E-state index in [1.165, 1.54) is 24.1 Å². The van der Waals surface area contributed by atoms with Crippen LogP contribution in [0.4, 0.5) is 5.69 Å². The Hall–Kier alpha value is -2.30. The summed E-state index contributed by atoms with van der Waals surface area (Å²) >= 11 is 0. The van der Waals surface area contributed by atoms with Crippen LogP contribution in [0, 0.1) is 6.92 Å². The zero-order valence-electron chi connectivity index (χ0n) is 13.8. The van der Waals surface area contributed by atoms with Crippen molar-refractivity contribution in [3.05, 3.63) is 47.3 Å². The number of rotatable bonds is 7. The predicted octanol–water partition coefficient (Wildman–Crippen LogP) is 2.85. The Labute approximate surface area is 137 Å². The number of carbonyl (C=O) groups is 1. The van der Waals surface area contributed by atoms with E-state index in [2.05, 4.69) is 58.5 Å². The number of benzene rings is 1. The smallest absolute Gasteiger partial charge is 0.271 e. The highest BCUT2D eigenvalue weighted by Crippen LogP contribution is 2.38. The molecule has 0 atom stereocenters. The van der Waals surface area contributed by atoms with Crippen LogP contribution >= 0.6 is 0 Å². The Kier molecular flexibility index (Phi) is 4.65. The summed E-state index contributed by atoms with van der Waals surface area (Å²) in [7, 11) is 0. The maximum absolute atomic E-state index is 12.1. The Balaban J connectivity index is 1.51. The van der Waals surface area contributed by atoms with Crippen molar-refractivity contribution in [3.63, 3.8) is 0 Å². The summed E-state index contributed by atoms with van der Waals surface area (Å²) in [6, 6.07) is 10.3. The molecule has 0 unspecified atom stereocenters. The second-order valence-electron chi connectivity index (χ2n) is 6.16. The predicted molar refractivity (Wildman–Crippen MR) is 92.0 cm³/mol. The van der Waals surface area contributed by atoms with E-state index in [1.54, 1.807) is 0 Å². The molecular weight excluding hydrogens is 288 g/mol. The first-order valence-electron chi connectivity index (χ1n) is 8.32. The van der Waals surface area contributed by atoms with E-state index < -0.39 is 0 Å². The zero-order chi connectivity index (χ0) is 16.2.